The van der Waals surface area contributed by atoms with Crippen molar-refractivity contribution in [1.29, 1.82) is 0 Å². The number of hydrogen-bond donors (Lipinski definition) is 0. The van der Waals surface area contributed by atoms with Gasteiger partial charge in [-0.25, -0.2) is 0 Å². The Morgan fingerprint density at radius 2 is 1.62 bits per heavy atom. The smallest absolute Gasteiger partial charge is 0.257 e. The van der Waals surface area contributed by atoms with E-state index in [0.717, 1.165) is 57.5 Å². The van der Waals surface area contributed by atoms with Crippen molar-refractivity contribution in [2.75, 3.05) is 45.8 Å². The van der Waals surface area contributed by atoms with Crippen LogP contribution in [0.1, 0.15) is 35.2 Å². The molecule has 2 aromatic rings. The lowest BCUT2D eigenvalue weighted by Gasteiger charge is -2.23. The monoisotopic (exact) mass is 395 g/mol. The number of amides is 2. The first-order valence-corrected chi connectivity index (χ1v) is 10.5. The summed E-state index contributed by atoms with van der Waals surface area (Å²) in [5.41, 5.74) is 1.78. The predicted octanol–water partition coefficient (Wildman–Crippen LogP) is 1.70. The van der Waals surface area contributed by atoms with E-state index in [1.54, 1.807) is 10.9 Å². The molecular weight excluding hydrogens is 366 g/mol. The van der Waals surface area contributed by atoms with Crippen molar-refractivity contribution in [2.24, 2.45) is 0 Å². The van der Waals surface area contributed by atoms with E-state index in [-0.39, 0.29) is 11.8 Å². The van der Waals surface area contributed by atoms with Gasteiger partial charge in [-0.05, 0) is 24.8 Å². The van der Waals surface area contributed by atoms with Gasteiger partial charge in [0.2, 0.25) is 5.91 Å². The molecule has 0 bridgehead atoms. The number of nitrogens with zero attached hydrogens (tertiary/aromatic N) is 5. The summed E-state index contributed by atoms with van der Waals surface area (Å²) >= 11 is 0. The molecule has 0 aliphatic carbocycles. The molecule has 2 saturated heterocycles. The number of carbonyl (C=O) groups is 2. The molecule has 0 saturated carbocycles. The maximum atomic E-state index is 12.9. The summed E-state index contributed by atoms with van der Waals surface area (Å²) in [4.78, 5) is 31.4. The average Bonchev–Trinajstić information content (AvgIpc) is 3.38. The summed E-state index contributed by atoms with van der Waals surface area (Å²) in [5.74, 6) is 0.251. The normalized spacial score (nSPS) is 18.1. The van der Waals surface area contributed by atoms with Gasteiger partial charge in [-0.1, -0.05) is 30.3 Å². The molecule has 29 heavy (non-hydrogen) atoms. The summed E-state index contributed by atoms with van der Waals surface area (Å²) < 4.78 is 1.81. The van der Waals surface area contributed by atoms with Gasteiger partial charge < -0.3 is 9.80 Å². The van der Waals surface area contributed by atoms with Crippen LogP contribution in [0.2, 0.25) is 0 Å². The topological polar surface area (TPSA) is 61.7 Å². The zero-order valence-electron chi connectivity index (χ0n) is 16.9. The Balaban J connectivity index is 1.31. The molecule has 2 amide bonds. The van der Waals surface area contributed by atoms with Gasteiger partial charge in [0.25, 0.3) is 5.91 Å². The molecule has 7 heteroatoms. The average molecular weight is 396 g/mol. The number of carbonyl (C=O) groups excluding carboxylic acids is 2. The van der Waals surface area contributed by atoms with E-state index in [1.165, 1.54) is 0 Å². The van der Waals surface area contributed by atoms with Gasteiger partial charge in [0.15, 0.2) is 0 Å². The summed E-state index contributed by atoms with van der Waals surface area (Å²) in [6.45, 7) is 5.87. The Morgan fingerprint density at radius 3 is 2.41 bits per heavy atom. The second kappa shape index (κ2) is 9.22. The molecule has 0 spiro atoms. The fourth-order valence-electron chi connectivity index (χ4n) is 4.10. The van der Waals surface area contributed by atoms with Crippen molar-refractivity contribution >= 4 is 11.8 Å². The van der Waals surface area contributed by atoms with Gasteiger partial charge in [0.05, 0.1) is 24.8 Å². The maximum Gasteiger partial charge on any atom is 0.257 e. The van der Waals surface area contributed by atoms with Gasteiger partial charge in [0, 0.05) is 45.5 Å². The third-order valence-corrected chi connectivity index (χ3v) is 5.76. The van der Waals surface area contributed by atoms with Crippen molar-refractivity contribution in [1.82, 2.24) is 24.5 Å². The first-order valence-electron chi connectivity index (χ1n) is 10.5. The number of rotatable bonds is 5. The van der Waals surface area contributed by atoms with E-state index in [1.807, 2.05) is 34.2 Å². The maximum absolute atomic E-state index is 12.9. The zero-order chi connectivity index (χ0) is 20.1. The highest BCUT2D eigenvalue weighted by Gasteiger charge is 2.24. The van der Waals surface area contributed by atoms with Crippen LogP contribution in [-0.4, -0.2) is 82.1 Å². The van der Waals surface area contributed by atoms with Crippen molar-refractivity contribution in [3.05, 3.63) is 53.9 Å². The Labute approximate surface area is 171 Å². The Bertz CT molecular complexity index is 829. The molecule has 0 unspecified atom stereocenters. The quantitative estimate of drug-likeness (QED) is 0.773. The van der Waals surface area contributed by atoms with Crippen molar-refractivity contribution in [2.45, 2.75) is 25.8 Å². The third-order valence-electron chi connectivity index (χ3n) is 5.76. The first kappa shape index (κ1) is 19.6. The van der Waals surface area contributed by atoms with Gasteiger partial charge in [-0.15, -0.1) is 0 Å². The lowest BCUT2D eigenvalue weighted by atomic mass is 10.2. The molecule has 7 nitrogen and oxygen atoms in total. The van der Waals surface area contributed by atoms with Crippen LogP contribution in [0.25, 0.3) is 0 Å². The van der Waals surface area contributed by atoms with E-state index >= 15 is 0 Å². The number of hydrogen-bond acceptors (Lipinski definition) is 4. The van der Waals surface area contributed by atoms with Gasteiger partial charge in [0.1, 0.15) is 0 Å². The molecule has 154 valence electrons. The third kappa shape index (κ3) is 5.03. The van der Waals surface area contributed by atoms with Crippen LogP contribution in [0.5, 0.6) is 0 Å². The van der Waals surface area contributed by atoms with Crippen LogP contribution in [0.15, 0.2) is 42.7 Å². The van der Waals surface area contributed by atoms with Gasteiger partial charge >= 0.3 is 0 Å². The van der Waals surface area contributed by atoms with Gasteiger partial charge in [-0.2, -0.15) is 5.10 Å². The molecule has 0 radical (unpaired) electrons. The van der Waals surface area contributed by atoms with Crippen molar-refractivity contribution in [3.8, 4) is 0 Å². The molecule has 3 heterocycles. The lowest BCUT2D eigenvalue weighted by Crippen LogP contribution is -2.41. The molecule has 1 aromatic carbocycles. The summed E-state index contributed by atoms with van der Waals surface area (Å²) in [5, 5.41) is 4.36. The second-order valence-corrected chi connectivity index (χ2v) is 7.92. The van der Waals surface area contributed by atoms with Gasteiger partial charge in [-0.3, -0.25) is 19.2 Å². The molecule has 2 aliphatic rings. The summed E-state index contributed by atoms with van der Waals surface area (Å²) in [6, 6.07) is 10.1. The number of benzene rings is 1. The van der Waals surface area contributed by atoms with E-state index in [0.29, 0.717) is 25.2 Å². The molecular formula is C22H29N5O2. The summed E-state index contributed by atoms with van der Waals surface area (Å²) in [6.07, 6.45) is 6.61. The van der Waals surface area contributed by atoms with E-state index in [4.69, 9.17) is 0 Å². The molecule has 2 fully saturated rings. The number of aromatic nitrogens is 2. The highest BCUT2D eigenvalue weighted by atomic mass is 16.2. The largest absolute Gasteiger partial charge is 0.342 e. The predicted molar refractivity (Wildman–Crippen MR) is 111 cm³/mol. The molecule has 1 aromatic heterocycles. The minimum absolute atomic E-state index is 0.0250. The van der Waals surface area contributed by atoms with Crippen LogP contribution < -0.4 is 0 Å². The van der Waals surface area contributed by atoms with Crippen LogP contribution >= 0.6 is 0 Å². The molecule has 2 aliphatic heterocycles. The van der Waals surface area contributed by atoms with Crippen molar-refractivity contribution < 1.29 is 9.59 Å². The summed E-state index contributed by atoms with van der Waals surface area (Å²) in [7, 11) is 0. The Morgan fingerprint density at radius 1 is 0.862 bits per heavy atom. The zero-order valence-corrected chi connectivity index (χ0v) is 16.9. The van der Waals surface area contributed by atoms with E-state index in [2.05, 4.69) is 22.1 Å². The Hall–Kier alpha value is -2.67. The fraction of sp³-hybridized carbons (Fsp3) is 0.500. The fourth-order valence-corrected chi connectivity index (χ4v) is 4.10. The molecule has 4 rings (SSSR count). The van der Waals surface area contributed by atoms with Crippen molar-refractivity contribution in [3.63, 3.8) is 0 Å². The van der Waals surface area contributed by atoms with Crippen LogP contribution in [0.3, 0.4) is 0 Å². The number of likely N-dealkylation sites (tertiary alicyclic amines) is 1. The van der Waals surface area contributed by atoms with E-state index in [9.17, 15) is 9.59 Å². The lowest BCUT2D eigenvalue weighted by molar-refractivity contribution is -0.131. The standard InChI is InChI=1S/C22H29N5O2/c28-21(25-10-4-5-11-25)18-24-9-6-12-26(14-13-24)22(29)20-15-23-27(17-20)16-19-7-2-1-3-8-19/h1-3,7-8,15,17H,4-6,9-14,16,18H2. The highest BCUT2D eigenvalue weighted by Crippen LogP contribution is 2.12. The SMILES string of the molecule is O=C(CN1CCCN(C(=O)c2cnn(Cc3ccccc3)c2)CC1)N1CCCC1. The van der Waals surface area contributed by atoms with Crippen LogP contribution in [0.4, 0.5) is 0 Å². The minimum Gasteiger partial charge on any atom is -0.342 e. The molecule has 0 N–H and O–H groups in total. The first-order chi connectivity index (χ1) is 14.2. The van der Waals surface area contributed by atoms with Crippen LogP contribution in [-0.2, 0) is 11.3 Å². The Kier molecular flexibility index (Phi) is 6.24. The van der Waals surface area contributed by atoms with Crippen LogP contribution in [0, 0.1) is 0 Å². The highest BCUT2D eigenvalue weighted by molar-refractivity contribution is 5.93. The molecule has 0 atom stereocenters. The second-order valence-electron chi connectivity index (χ2n) is 7.92. The van der Waals surface area contributed by atoms with E-state index < -0.39 is 0 Å². The minimum atomic E-state index is 0.0250.